The third-order valence-corrected chi connectivity index (χ3v) is 4.15. The first-order valence-corrected chi connectivity index (χ1v) is 8.93. The molecule has 6 nitrogen and oxygen atoms in total. The van der Waals surface area contributed by atoms with Crippen LogP contribution in [0.1, 0.15) is 31.9 Å². The zero-order chi connectivity index (χ0) is 18.7. The molecular formula is C19H22ClN3O3. The van der Waals surface area contributed by atoms with E-state index in [9.17, 15) is 4.79 Å². The van der Waals surface area contributed by atoms with Crippen molar-refractivity contribution in [1.29, 1.82) is 0 Å². The molecule has 2 aromatic rings. The Morgan fingerprint density at radius 2 is 1.85 bits per heavy atom. The van der Waals surface area contributed by atoms with Crippen molar-refractivity contribution in [1.82, 2.24) is 14.9 Å². The maximum absolute atomic E-state index is 12.3. The zero-order valence-corrected chi connectivity index (χ0v) is 15.9. The van der Waals surface area contributed by atoms with E-state index in [0.717, 1.165) is 18.4 Å². The molecule has 26 heavy (non-hydrogen) atoms. The Balaban J connectivity index is 1.68. The first-order chi connectivity index (χ1) is 12.3. The second-order valence-corrected chi connectivity index (χ2v) is 7.56. The second-order valence-electron chi connectivity index (χ2n) is 7.18. The first kappa shape index (κ1) is 18.5. The van der Waals surface area contributed by atoms with E-state index in [0.29, 0.717) is 29.9 Å². The summed E-state index contributed by atoms with van der Waals surface area (Å²) in [5.74, 6) is 1.07. The number of hydrogen-bond acceptors (Lipinski definition) is 5. The third kappa shape index (κ3) is 4.85. The summed E-state index contributed by atoms with van der Waals surface area (Å²) in [6.07, 6.45) is 4.20. The minimum absolute atomic E-state index is 0.266. The molecule has 0 bridgehead atoms. The number of carbonyl (C=O) groups is 1. The molecule has 1 aliphatic heterocycles. The van der Waals surface area contributed by atoms with Gasteiger partial charge in [0.2, 0.25) is 5.88 Å². The predicted octanol–water partition coefficient (Wildman–Crippen LogP) is 4.26. The van der Waals surface area contributed by atoms with Crippen LogP contribution in [0.5, 0.6) is 11.6 Å². The molecule has 0 saturated carbocycles. The third-order valence-electron chi connectivity index (χ3n) is 3.95. The molecule has 0 radical (unpaired) electrons. The summed E-state index contributed by atoms with van der Waals surface area (Å²) in [6, 6.07) is 5.93. The fraction of sp³-hybridized carbons (Fsp3) is 0.421. The van der Waals surface area contributed by atoms with Gasteiger partial charge in [0.05, 0.1) is 12.4 Å². The fourth-order valence-corrected chi connectivity index (χ4v) is 2.85. The van der Waals surface area contributed by atoms with Crippen molar-refractivity contribution < 1.29 is 14.3 Å². The Hall–Kier alpha value is -2.34. The van der Waals surface area contributed by atoms with E-state index in [4.69, 9.17) is 21.1 Å². The largest absolute Gasteiger partial charge is 0.444 e. The molecule has 0 atom stereocenters. The average Bonchev–Trinajstić information content (AvgIpc) is 2.78. The van der Waals surface area contributed by atoms with Gasteiger partial charge in [0.25, 0.3) is 0 Å². The van der Waals surface area contributed by atoms with Crippen molar-refractivity contribution in [2.75, 3.05) is 13.1 Å². The Bertz CT molecular complexity index is 788. The molecule has 138 valence electrons. The van der Waals surface area contributed by atoms with E-state index < -0.39 is 5.60 Å². The van der Waals surface area contributed by atoms with E-state index in [2.05, 4.69) is 9.97 Å². The maximum Gasteiger partial charge on any atom is 0.410 e. The highest BCUT2D eigenvalue weighted by Gasteiger charge is 2.24. The number of rotatable bonds is 2. The Morgan fingerprint density at radius 1 is 1.12 bits per heavy atom. The summed E-state index contributed by atoms with van der Waals surface area (Å²) in [5.41, 5.74) is 1.89. The van der Waals surface area contributed by atoms with Crippen LogP contribution in [-0.4, -0.2) is 39.7 Å². The van der Waals surface area contributed by atoms with Crippen LogP contribution < -0.4 is 4.74 Å². The monoisotopic (exact) mass is 375 g/mol. The molecule has 7 heteroatoms. The topological polar surface area (TPSA) is 64.5 Å². The summed E-state index contributed by atoms with van der Waals surface area (Å²) < 4.78 is 11.2. The highest BCUT2D eigenvalue weighted by Crippen LogP contribution is 2.25. The Kier molecular flexibility index (Phi) is 5.32. The van der Waals surface area contributed by atoms with Gasteiger partial charge in [0, 0.05) is 13.1 Å². The lowest BCUT2D eigenvalue weighted by atomic mass is 10.0. The van der Waals surface area contributed by atoms with Gasteiger partial charge in [-0.1, -0.05) is 17.7 Å². The number of nitrogens with zero attached hydrogens (tertiary/aromatic N) is 3. The quantitative estimate of drug-likeness (QED) is 0.784. The van der Waals surface area contributed by atoms with Gasteiger partial charge in [-0.25, -0.2) is 14.8 Å². The van der Waals surface area contributed by atoms with Gasteiger partial charge in [0.15, 0.2) is 0 Å². The standard InChI is InChI=1S/C19H22ClN3O3/c1-19(2,3)26-18(24)23-8-6-13-4-5-15(10-14(13)7-9-23)25-17-12-21-16(20)11-22-17/h4-5,10-12H,6-9H2,1-3H3. The highest BCUT2D eigenvalue weighted by atomic mass is 35.5. The lowest BCUT2D eigenvalue weighted by Gasteiger charge is -2.26. The van der Waals surface area contributed by atoms with Crippen LogP contribution in [0.2, 0.25) is 5.15 Å². The van der Waals surface area contributed by atoms with E-state index in [1.54, 1.807) is 4.90 Å². The van der Waals surface area contributed by atoms with Crippen LogP contribution in [0.3, 0.4) is 0 Å². The summed E-state index contributed by atoms with van der Waals surface area (Å²) in [5, 5.41) is 0.321. The van der Waals surface area contributed by atoms with Crippen LogP contribution in [0, 0.1) is 0 Å². The highest BCUT2D eigenvalue weighted by molar-refractivity contribution is 6.29. The summed E-state index contributed by atoms with van der Waals surface area (Å²) in [7, 11) is 0. The van der Waals surface area contributed by atoms with Gasteiger partial charge in [-0.3, -0.25) is 0 Å². The lowest BCUT2D eigenvalue weighted by Crippen LogP contribution is -2.38. The molecule has 0 spiro atoms. The summed E-state index contributed by atoms with van der Waals surface area (Å²) in [6.45, 7) is 6.89. The summed E-state index contributed by atoms with van der Waals surface area (Å²) >= 11 is 5.74. The van der Waals surface area contributed by atoms with Gasteiger partial charge in [-0.2, -0.15) is 0 Å². The second kappa shape index (κ2) is 7.50. The number of halogens is 1. The smallest absolute Gasteiger partial charge is 0.410 e. The normalized spacial score (nSPS) is 14.4. The van der Waals surface area contributed by atoms with Crippen molar-refractivity contribution in [3.8, 4) is 11.6 Å². The van der Waals surface area contributed by atoms with Crippen molar-refractivity contribution in [2.24, 2.45) is 0 Å². The molecule has 1 amide bonds. The number of hydrogen-bond donors (Lipinski definition) is 0. The van der Waals surface area contributed by atoms with Crippen LogP contribution in [-0.2, 0) is 17.6 Å². The van der Waals surface area contributed by atoms with Gasteiger partial charge in [-0.05, 0) is 56.9 Å². The maximum atomic E-state index is 12.3. The van der Waals surface area contributed by atoms with Crippen molar-refractivity contribution in [2.45, 2.75) is 39.2 Å². The Labute approximate surface area is 158 Å². The minimum atomic E-state index is -0.489. The average molecular weight is 376 g/mol. The number of carbonyl (C=O) groups excluding carboxylic acids is 1. The number of ether oxygens (including phenoxy) is 2. The van der Waals surface area contributed by atoms with Crippen LogP contribution in [0.4, 0.5) is 4.79 Å². The van der Waals surface area contributed by atoms with Crippen molar-refractivity contribution in [3.63, 3.8) is 0 Å². The molecule has 3 rings (SSSR count). The lowest BCUT2D eigenvalue weighted by molar-refractivity contribution is 0.0258. The molecule has 0 fully saturated rings. The molecule has 1 aliphatic rings. The number of fused-ring (bicyclic) bond motifs is 1. The molecule has 0 N–H and O–H groups in total. The van der Waals surface area contributed by atoms with E-state index >= 15 is 0 Å². The number of amides is 1. The summed E-state index contributed by atoms with van der Waals surface area (Å²) in [4.78, 5) is 22.1. The molecule has 0 saturated heterocycles. The SMILES string of the molecule is CC(C)(C)OC(=O)N1CCc2ccc(Oc3cnc(Cl)cn3)cc2CC1. The van der Waals surface area contributed by atoms with E-state index in [1.807, 2.05) is 39.0 Å². The van der Waals surface area contributed by atoms with Gasteiger partial charge < -0.3 is 14.4 Å². The number of aromatic nitrogens is 2. The van der Waals surface area contributed by atoms with Crippen LogP contribution in [0.25, 0.3) is 0 Å². The molecule has 0 aliphatic carbocycles. The minimum Gasteiger partial charge on any atom is -0.444 e. The van der Waals surface area contributed by atoms with Gasteiger partial charge >= 0.3 is 6.09 Å². The van der Waals surface area contributed by atoms with Crippen molar-refractivity contribution >= 4 is 17.7 Å². The first-order valence-electron chi connectivity index (χ1n) is 8.55. The number of benzene rings is 1. The molecule has 1 aromatic heterocycles. The predicted molar refractivity (Wildman–Crippen MR) is 98.8 cm³/mol. The fourth-order valence-electron chi connectivity index (χ4n) is 2.75. The Morgan fingerprint density at radius 3 is 2.50 bits per heavy atom. The van der Waals surface area contributed by atoms with E-state index in [1.165, 1.54) is 18.0 Å². The van der Waals surface area contributed by atoms with E-state index in [-0.39, 0.29) is 6.09 Å². The molecule has 2 heterocycles. The molecule has 1 aromatic carbocycles. The molecule has 0 unspecified atom stereocenters. The zero-order valence-electron chi connectivity index (χ0n) is 15.2. The van der Waals surface area contributed by atoms with Gasteiger partial charge in [0.1, 0.15) is 16.5 Å². The molecular weight excluding hydrogens is 354 g/mol. The van der Waals surface area contributed by atoms with Crippen molar-refractivity contribution in [3.05, 3.63) is 46.9 Å². The van der Waals surface area contributed by atoms with Gasteiger partial charge in [-0.15, -0.1) is 0 Å². The van der Waals surface area contributed by atoms with Crippen LogP contribution in [0.15, 0.2) is 30.6 Å². The van der Waals surface area contributed by atoms with Crippen LogP contribution >= 0.6 is 11.6 Å².